The van der Waals surface area contributed by atoms with Crippen LogP contribution in [0, 0.1) is 28.6 Å². The lowest BCUT2D eigenvalue weighted by atomic mass is 9.79. The molecule has 0 radical (unpaired) electrons. The Balaban J connectivity index is 2.67. The van der Waals surface area contributed by atoms with Crippen LogP contribution in [0.2, 0.25) is 5.02 Å². The largest absolute Gasteiger partial charge is 0.319 e. The predicted octanol–water partition coefficient (Wildman–Crippen LogP) is 2.79. The van der Waals surface area contributed by atoms with Crippen molar-refractivity contribution >= 4 is 29.3 Å². The first-order valence-corrected chi connectivity index (χ1v) is 7.37. The summed E-state index contributed by atoms with van der Waals surface area (Å²) < 4.78 is 0. The highest BCUT2D eigenvalue weighted by atomic mass is 35.5. The highest BCUT2D eigenvalue weighted by Crippen LogP contribution is 2.41. The summed E-state index contributed by atoms with van der Waals surface area (Å²) in [5, 5.41) is 22.2. The van der Waals surface area contributed by atoms with E-state index in [4.69, 9.17) is 11.6 Å². The lowest BCUT2D eigenvalue weighted by Crippen LogP contribution is -2.38. The van der Waals surface area contributed by atoms with E-state index < -0.39 is 17.7 Å². The Bertz CT molecular complexity index is 672. The van der Waals surface area contributed by atoms with Crippen molar-refractivity contribution in [3.8, 4) is 12.1 Å². The molecule has 0 bridgehead atoms. The minimum atomic E-state index is -0.958. The molecule has 1 aromatic rings. The minimum Gasteiger partial charge on any atom is -0.319 e. The number of benzene rings is 1. The zero-order valence-corrected chi connectivity index (χ0v) is 12.1. The molecule has 1 aliphatic heterocycles. The molecule has 6 heteroatoms. The van der Waals surface area contributed by atoms with E-state index >= 15 is 0 Å². The fraction of sp³-hybridized carbons (Fsp3) is 0.214. The first-order valence-electron chi connectivity index (χ1n) is 5.77. The molecular weight excluding hydrogens is 294 g/mol. The van der Waals surface area contributed by atoms with Crippen LogP contribution in [0.1, 0.15) is 11.5 Å². The average Bonchev–Trinajstić information content (AvgIpc) is 2.46. The highest BCUT2D eigenvalue weighted by molar-refractivity contribution is 8.02. The van der Waals surface area contributed by atoms with Crippen molar-refractivity contribution in [2.75, 3.05) is 6.26 Å². The summed E-state index contributed by atoms with van der Waals surface area (Å²) >= 11 is 7.43. The zero-order chi connectivity index (χ0) is 14.7. The van der Waals surface area contributed by atoms with Crippen LogP contribution in [0.4, 0.5) is 0 Å². The molecule has 0 aliphatic carbocycles. The van der Waals surface area contributed by atoms with Crippen molar-refractivity contribution in [2.24, 2.45) is 5.92 Å². The Morgan fingerprint density at radius 1 is 1.35 bits per heavy atom. The first-order chi connectivity index (χ1) is 9.63. The van der Waals surface area contributed by atoms with Crippen LogP contribution in [0.5, 0.6) is 0 Å². The first kappa shape index (κ1) is 14.5. The molecule has 0 aromatic heterocycles. The van der Waals surface area contributed by atoms with Crippen molar-refractivity contribution in [3.63, 3.8) is 0 Å². The monoisotopic (exact) mass is 303 g/mol. The second kappa shape index (κ2) is 6.00. The maximum absolute atomic E-state index is 12.0. The molecule has 1 N–H and O–H groups in total. The molecule has 2 rings (SSSR count). The molecule has 2 unspecified atom stereocenters. The van der Waals surface area contributed by atoms with Gasteiger partial charge in [-0.1, -0.05) is 29.8 Å². The van der Waals surface area contributed by atoms with Crippen molar-refractivity contribution in [2.45, 2.75) is 5.92 Å². The Labute approximate surface area is 126 Å². The summed E-state index contributed by atoms with van der Waals surface area (Å²) in [6.45, 7) is 0. The molecule has 1 aliphatic rings. The van der Waals surface area contributed by atoms with Gasteiger partial charge in [0, 0.05) is 10.9 Å². The van der Waals surface area contributed by atoms with Crippen molar-refractivity contribution in [1.82, 2.24) is 5.32 Å². The van der Waals surface area contributed by atoms with Crippen LogP contribution in [0.15, 0.2) is 34.9 Å². The van der Waals surface area contributed by atoms with Crippen LogP contribution in [0.25, 0.3) is 0 Å². The van der Waals surface area contributed by atoms with Crippen molar-refractivity contribution in [1.29, 1.82) is 10.5 Å². The number of carbonyl (C=O) groups is 1. The Morgan fingerprint density at radius 2 is 2.05 bits per heavy atom. The lowest BCUT2D eigenvalue weighted by Gasteiger charge is -2.28. The van der Waals surface area contributed by atoms with Crippen LogP contribution in [-0.2, 0) is 4.79 Å². The number of rotatable bonds is 2. The molecule has 1 amide bonds. The van der Waals surface area contributed by atoms with Gasteiger partial charge in [-0.3, -0.25) is 4.79 Å². The van der Waals surface area contributed by atoms with E-state index in [2.05, 4.69) is 11.4 Å². The van der Waals surface area contributed by atoms with E-state index in [1.54, 1.807) is 30.5 Å². The lowest BCUT2D eigenvalue weighted by molar-refractivity contribution is -0.123. The van der Waals surface area contributed by atoms with Gasteiger partial charge < -0.3 is 5.32 Å². The van der Waals surface area contributed by atoms with Gasteiger partial charge in [0.15, 0.2) is 0 Å². The standard InChI is InChI=1S/C14H10ClN3OS/c1-20-14-10(7-17)12(9(6-16)13(19)18-14)8-4-2-3-5-11(8)15/h2-5,9,12H,1H3,(H,18,19). The molecule has 0 fully saturated rings. The van der Waals surface area contributed by atoms with Crippen LogP contribution in [-0.4, -0.2) is 12.2 Å². The third-order valence-electron chi connectivity index (χ3n) is 3.11. The topological polar surface area (TPSA) is 76.7 Å². The van der Waals surface area contributed by atoms with Gasteiger partial charge in [-0.2, -0.15) is 10.5 Å². The fourth-order valence-electron chi connectivity index (χ4n) is 2.19. The molecule has 2 atom stereocenters. The van der Waals surface area contributed by atoms with E-state index in [1.165, 1.54) is 11.8 Å². The summed E-state index contributed by atoms with van der Waals surface area (Å²) in [6, 6.07) is 11.0. The smallest absolute Gasteiger partial charge is 0.243 e. The SMILES string of the molecule is CSC1=C(C#N)C(c2ccccc2Cl)C(C#N)C(=O)N1. The van der Waals surface area contributed by atoms with Gasteiger partial charge in [0.1, 0.15) is 5.92 Å². The molecule has 20 heavy (non-hydrogen) atoms. The average molecular weight is 304 g/mol. The summed E-state index contributed by atoms with van der Waals surface area (Å²) in [5.41, 5.74) is 0.996. The number of halogens is 1. The van der Waals surface area contributed by atoms with Crippen LogP contribution >= 0.6 is 23.4 Å². The van der Waals surface area contributed by atoms with Gasteiger partial charge in [0.05, 0.1) is 22.7 Å². The fourth-order valence-corrected chi connectivity index (χ4v) is 3.04. The van der Waals surface area contributed by atoms with Gasteiger partial charge in [0.2, 0.25) is 5.91 Å². The van der Waals surface area contributed by atoms with Crippen LogP contribution < -0.4 is 5.32 Å². The van der Waals surface area contributed by atoms with Gasteiger partial charge >= 0.3 is 0 Å². The number of allylic oxidation sites excluding steroid dienone is 1. The molecule has 4 nitrogen and oxygen atoms in total. The number of hydrogen-bond donors (Lipinski definition) is 1. The highest BCUT2D eigenvalue weighted by Gasteiger charge is 2.39. The number of hydrogen-bond acceptors (Lipinski definition) is 4. The predicted molar refractivity (Wildman–Crippen MR) is 77.6 cm³/mol. The normalized spacial score (nSPS) is 21.9. The maximum Gasteiger partial charge on any atom is 0.243 e. The second-order valence-corrected chi connectivity index (χ2v) is 5.38. The van der Waals surface area contributed by atoms with Crippen molar-refractivity contribution in [3.05, 3.63) is 45.5 Å². The van der Waals surface area contributed by atoms with Crippen LogP contribution in [0.3, 0.4) is 0 Å². The summed E-state index contributed by atoms with van der Waals surface area (Å²) in [6.07, 6.45) is 1.77. The molecule has 1 aromatic carbocycles. The molecule has 0 saturated carbocycles. The number of carbonyl (C=O) groups excluding carboxylic acids is 1. The summed E-state index contributed by atoms with van der Waals surface area (Å²) in [5.74, 6) is -1.99. The second-order valence-electron chi connectivity index (χ2n) is 4.15. The van der Waals surface area contributed by atoms with E-state index in [0.717, 1.165) is 0 Å². The van der Waals surface area contributed by atoms with Gasteiger partial charge in [-0.15, -0.1) is 11.8 Å². The van der Waals surface area contributed by atoms with E-state index in [1.807, 2.05) is 6.07 Å². The third kappa shape index (κ3) is 2.38. The number of nitrogens with zero attached hydrogens (tertiary/aromatic N) is 2. The maximum atomic E-state index is 12.0. The number of amides is 1. The Morgan fingerprint density at radius 3 is 2.60 bits per heavy atom. The molecular formula is C14H10ClN3OS. The van der Waals surface area contributed by atoms with E-state index in [-0.39, 0.29) is 0 Å². The van der Waals surface area contributed by atoms with Crippen molar-refractivity contribution < 1.29 is 4.79 Å². The molecule has 0 spiro atoms. The van der Waals surface area contributed by atoms with Gasteiger partial charge in [0.25, 0.3) is 0 Å². The molecule has 100 valence electrons. The number of nitriles is 2. The zero-order valence-electron chi connectivity index (χ0n) is 10.6. The van der Waals surface area contributed by atoms with E-state index in [0.29, 0.717) is 21.2 Å². The number of nitrogens with one attached hydrogen (secondary N) is 1. The summed E-state index contributed by atoms with van der Waals surface area (Å²) in [7, 11) is 0. The Hall–Kier alpha value is -1.95. The van der Waals surface area contributed by atoms with Gasteiger partial charge in [-0.25, -0.2) is 0 Å². The quantitative estimate of drug-likeness (QED) is 0.911. The van der Waals surface area contributed by atoms with Gasteiger partial charge in [-0.05, 0) is 17.9 Å². The molecule has 0 saturated heterocycles. The minimum absolute atomic E-state index is 0.372. The Kier molecular flexibility index (Phi) is 4.34. The third-order valence-corrected chi connectivity index (χ3v) is 4.19. The van der Waals surface area contributed by atoms with E-state index in [9.17, 15) is 15.3 Å². The number of thioether (sulfide) groups is 1. The summed E-state index contributed by atoms with van der Waals surface area (Å²) in [4.78, 5) is 12.0. The molecule has 1 heterocycles.